The molecular weight excluding hydrogens is 534 g/mol. The zero-order valence-corrected chi connectivity index (χ0v) is 25.0. The summed E-state index contributed by atoms with van der Waals surface area (Å²) in [5.41, 5.74) is 1.72. The average molecular weight is 578 g/mol. The Hall–Kier alpha value is -3.63. The van der Waals surface area contributed by atoms with Crippen LogP contribution in [0.15, 0.2) is 42.7 Å². The number of carbonyl (C=O) groups is 1. The molecule has 2 saturated heterocycles. The summed E-state index contributed by atoms with van der Waals surface area (Å²) in [6.07, 6.45) is 5.09. The van der Waals surface area contributed by atoms with Gasteiger partial charge >= 0.3 is 0 Å². The highest BCUT2D eigenvalue weighted by atomic mass is 16.5. The molecule has 10 nitrogen and oxygen atoms in total. The normalized spacial score (nSPS) is 17.0. The highest BCUT2D eigenvalue weighted by Crippen LogP contribution is 2.35. The quantitative estimate of drug-likeness (QED) is 0.367. The first-order chi connectivity index (χ1) is 20.4. The Morgan fingerprint density at radius 2 is 1.69 bits per heavy atom. The number of nitrogens with zero attached hydrogens (tertiary/aromatic N) is 5. The summed E-state index contributed by atoms with van der Waals surface area (Å²) in [4.78, 5) is 28.5. The Kier molecular flexibility index (Phi) is 9.97. The van der Waals surface area contributed by atoms with E-state index in [2.05, 4.69) is 19.8 Å². The maximum Gasteiger partial charge on any atom is 0.227 e. The van der Waals surface area contributed by atoms with Crippen LogP contribution in [0.1, 0.15) is 38.7 Å². The summed E-state index contributed by atoms with van der Waals surface area (Å²) in [5, 5.41) is 11.4. The Labute approximate surface area is 248 Å². The molecular formula is C32H43N5O5. The number of hydrogen-bond donors (Lipinski definition) is 1. The van der Waals surface area contributed by atoms with Gasteiger partial charge in [-0.2, -0.15) is 0 Å². The molecule has 0 radical (unpaired) electrons. The van der Waals surface area contributed by atoms with Crippen molar-refractivity contribution in [1.82, 2.24) is 19.8 Å². The number of piperazine rings is 1. The van der Waals surface area contributed by atoms with Crippen LogP contribution >= 0.6 is 0 Å². The fourth-order valence-electron chi connectivity index (χ4n) is 5.67. The van der Waals surface area contributed by atoms with Crippen molar-refractivity contribution >= 4 is 22.6 Å². The first kappa shape index (κ1) is 29.8. The van der Waals surface area contributed by atoms with Crippen molar-refractivity contribution in [3.8, 4) is 17.2 Å². The molecule has 1 atom stereocenters. The summed E-state index contributed by atoms with van der Waals surface area (Å²) in [5.74, 6) is 2.86. The van der Waals surface area contributed by atoms with Crippen molar-refractivity contribution in [3.63, 3.8) is 0 Å². The molecule has 42 heavy (non-hydrogen) atoms. The highest BCUT2D eigenvalue weighted by Gasteiger charge is 2.24. The minimum atomic E-state index is -0.582. The summed E-state index contributed by atoms with van der Waals surface area (Å²) in [6, 6.07) is 11.5. The number of β-amino-alcohol motifs (C(OH)–C–C–N with tert-alkyl or cyclic N) is 1. The Balaban J connectivity index is 1.19. The zero-order chi connectivity index (χ0) is 29.5. The minimum absolute atomic E-state index is 0.116. The molecule has 0 bridgehead atoms. The van der Waals surface area contributed by atoms with Gasteiger partial charge in [-0.3, -0.25) is 4.79 Å². The SMILES string of the molecule is COc1cc2c(N3CCN(C(=O)Cc4ccc(OC(C)C)cc4)CC3)ncnc2cc1OCC(O)CN1CCCCC1. The number of benzene rings is 2. The van der Waals surface area contributed by atoms with Crippen molar-refractivity contribution in [2.24, 2.45) is 0 Å². The second-order valence-electron chi connectivity index (χ2n) is 11.4. The molecule has 0 aliphatic carbocycles. The molecule has 2 aromatic carbocycles. The number of piperidine rings is 1. The minimum Gasteiger partial charge on any atom is -0.493 e. The van der Waals surface area contributed by atoms with Crippen LogP contribution in [0.2, 0.25) is 0 Å². The van der Waals surface area contributed by atoms with E-state index in [0.29, 0.717) is 50.6 Å². The number of amides is 1. The number of fused-ring (bicyclic) bond motifs is 1. The maximum atomic E-state index is 13.0. The van der Waals surface area contributed by atoms with E-state index in [1.54, 1.807) is 13.4 Å². The van der Waals surface area contributed by atoms with Crippen LogP contribution in [0.5, 0.6) is 17.2 Å². The molecule has 2 aliphatic heterocycles. The van der Waals surface area contributed by atoms with E-state index in [4.69, 9.17) is 14.2 Å². The molecule has 5 rings (SSSR count). The van der Waals surface area contributed by atoms with Gasteiger partial charge in [-0.1, -0.05) is 18.6 Å². The third-order valence-electron chi connectivity index (χ3n) is 7.83. The molecule has 1 unspecified atom stereocenters. The van der Waals surface area contributed by atoms with Gasteiger partial charge in [0.25, 0.3) is 0 Å². The van der Waals surface area contributed by atoms with Crippen LogP contribution in [-0.2, 0) is 11.2 Å². The van der Waals surface area contributed by atoms with Crippen molar-refractivity contribution in [2.45, 2.75) is 51.7 Å². The van der Waals surface area contributed by atoms with E-state index < -0.39 is 6.10 Å². The fourth-order valence-corrected chi connectivity index (χ4v) is 5.67. The molecule has 0 saturated carbocycles. The van der Waals surface area contributed by atoms with Gasteiger partial charge in [0.15, 0.2) is 11.5 Å². The third-order valence-corrected chi connectivity index (χ3v) is 7.83. The number of ether oxygens (including phenoxy) is 3. The van der Waals surface area contributed by atoms with Gasteiger partial charge in [-0.15, -0.1) is 0 Å². The predicted octanol–water partition coefficient (Wildman–Crippen LogP) is 3.54. The van der Waals surface area contributed by atoms with E-state index in [1.807, 2.05) is 55.1 Å². The molecule has 1 amide bonds. The number of hydrogen-bond acceptors (Lipinski definition) is 9. The molecule has 2 aliphatic rings. The van der Waals surface area contributed by atoms with Crippen molar-refractivity contribution in [1.29, 1.82) is 0 Å². The van der Waals surface area contributed by atoms with Crippen LogP contribution < -0.4 is 19.1 Å². The lowest BCUT2D eigenvalue weighted by Crippen LogP contribution is -2.49. The van der Waals surface area contributed by atoms with E-state index in [0.717, 1.165) is 41.1 Å². The van der Waals surface area contributed by atoms with Gasteiger partial charge in [0.2, 0.25) is 5.91 Å². The van der Waals surface area contributed by atoms with Crippen molar-refractivity contribution < 1.29 is 24.1 Å². The molecule has 10 heteroatoms. The lowest BCUT2D eigenvalue weighted by atomic mass is 10.1. The van der Waals surface area contributed by atoms with E-state index in [-0.39, 0.29) is 18.6 Å². The van der Waals surface area contributed by atoms with E-state index in [9.17, 15) is 9.90 Å². The average Bonchev–Trinajstić information content (AvgIpc) is 3.00. The molecule has 0 spiro atoms. The maximum absolute atomic E-state index is 13.0. The first-order valence-electron chi connectivity index (χ1n) is 15.0. The summed E-state index contributed by atoms with van der Waals surface area (Å²) in [7, 11) is 1.61. The number of carbonyl (C=O) groups excluding carboxylic acids is 1. The molecule has 3 heterocycles. The van der Waals surface area contributed by atoms with Crippen LogP contribution in [0.3, 0.4) is 0 Å². The van der Waals surface area contributed by atoms with E-state index >= 15 is 0 Å². The molecule has 1 N–H and O–H groups in total. The number of anilines is 1. The van der Waals surface area contributed by atoms with Crippen LogP contribution in [0.4, 0.5) is 5.82 Å². The number of methoxy groups -OCH3 is 1. The Morgan fingerprint density at radius 1 is 0.952 bits per heavy atom. The standard InChI is InChI=1S/C32H43N5O5/c1-23(2)42-26-9-7-24(8-10-26)17-31(39)36-13-15-37(16-14-36)32-27-18-29(40-3)30(19-28(27)33-22-34-32)41-21-25(38)20-35-11-5-4-6-12-35/h7-10,18-19,22-23,25,38H,4-6,11-17,20-21H2,1-3H3. The molecule has 2 fully saturated rings. The third kappa shape index (κ3) is 7.60. The van der Waals surface area contributed by atoms with Gasteiger partial charge in [0.1, 0.15) is 30.6 Å². The monoisotopic (exact) mass is 577 g/mol. The highest BCUT2D eigenvalue weighted by molar-refractivity contribution is 5.92. The predicted molar refractivity (Wildman–Crippen MR) is 163 cm³/mol. The lowest BCUT2D eigenvalue weighted by molar-refractivity contribution is -0.130. The fraction of sp³-hybridized carbons (Fsp3) is 0.531. The first-order valence-corrected chi connectivity index (χ1v) is 15.0. The van der Waals surface area contributed by atoms with Crippen molar-refractivity contribution in [3.05, 3.63) is 48.3 Å². The smallest absolute Gasteiger partial charge is 0.227 e. The van der Waals surface area contributed by atoms with Crippen LogP contribution in [0.25, 0.3) is 10.9 Å². The lowest BCUT2D eigenvalue weighted by Gasteiger charge is -2.36. The summed E-state index contributed by atoms with van der Waals surface area (Å²) in [6.45, 7) is 9.41. The van der Waals surface area contributed by atoms with Gasteiger partial charge in [-0.05, 0) is 63.5 Å². The molecule has 226 valence electrons. The second kappa shape index (κ2) is 14.0. The van der Waals surface area contributed by atoms with Crippen molar-refractivity contribution in [2.75, 3.05) is 64.4 Å². The van der Waals surface area contributed by atoms with Gasteiger partial charge in [0, 0.05) is 44.2 Å². The van der Waals surface area contributed by atoms with Crippen LogP contribution in [-0.4, -0.2) is 103 Å². The number of aliphatic hydroxyl groups is 1. The number of aliphatic hydroxyl groups excluding tert-OH is 1. The van der Waals surface area contributed by atoms with Gasteiger partial charge in [0.05, 0.1) is 25.2 Å². The molecule has 3 aromatic rings. The molecule has 1 aromatic heterocycles. The largest absolute Gasteiger partial charge is 0.493 e. The van der Waals surface area contributed by atoms with Gasteiger partial charge < -0.3 is 34.0 Å². The zero-order valence-electron chi connectivity index (χ0n) is 25.0. The number of aromatic nitrogens is 2. The Bertz CT molecular complexity index is 1320. The second-order valence-corrected chi connectivity index (χ2v) is 11.4. The number of rotatable bonds is 11. The van der Waals surface area contributed by atoms with Gasteiger partial charge in [-0.25, -0.2) is 9.97 Å². The van der Waals surface area contributed by atoms with E-state index in [1.165, 1.54) is 19.3 Å². The topological polar surface area (TPSA) is 100 Å². The summed E-state index contributed by atoms with van der Waals surface area (Å²) >= 11 is 0. The Morgan fingerprint density at radius 3 is 2.38 bits per heavy atom. The van der Waals surface area contributed by atoms with Crippen LogP contribution in [0, 0.1) is 0 Å². The number of likely N-dealkylation sites (tertiary alicyclic amines) is 1. The summed E-state index contributed by atoms with van der Waals surface area (Å²) < 4.78 is 17.4.